The molecule has 1 aliphatic rings. The van der Waals surface area contributed by atoms with Gasteiger partial charge in [-0.15, -0.1) is 4.99 Å². The molecule has 1 saturated heterocycles. The summed E-state index contributed by atoms with van der Waals surface area (Å²) < 4.78 is 0. The van der Waals surface area contributed by atoms with Crippen LogP contribution >= 0.6 is 11.8 Å². The molecule has 4 heteroatoms. The van der Waals surface area contributed by atoms with Gasteiger partial charge in [0.05, 0.1) is 0 Å². The fourth-order valence-electron chi connectivity index (χ4n) is 1.88. The lowest BCUT2D eigenvalue weighted by molar-refractivity contribution is 0.164. The zero-order chi connectivity index (χ0) is 11.3. The van der Waals surface area contributed by atoms with E-state index in [1.54, 1.807) is 11.8 Å². The molecule has 0 unspecified atom stereocenters. The van der Waals surface area contributed by atoms with Gasteiger partial charge in [-0.3, -0.25) is 0 Å². The lowest BCUT2D eigenvalue weighted by Crippen LogP contribution is -2.40. The number of piperidine rings is 1. The van der Waals surface area contributed by atoms with E-state index in [1.807, 2.05) is 12.4 Å². The Kier molecular flexibility index (Phi) is 4.46. The number of thioether (sulfide) groups is 1. The van der Waals surface area contributed by atoms with E-state index in [9.17, 15) is 0 Å². The summed E-state index contributed by atoms with van der Waals surface area (Å²) in [4.78, 5) is 6.08. The molecule has 0 aromatic rings. The smallest absolute Gasteiger partial charge is 0.208 e. The second-order valence-electron chi connectivity index (χ2n) is 4.35. The first-order valence-corrected chi connectivity index (χ1v) is 6.63. The molecule has 15 heavy (non-hydrogen) atoms. The first-order valence-electron chi connectivity index (χ1n) is 5.41. The third-order valence-corrected chi connectivity index (χ3v) is 4.14. The number of hydrogen-bond acceptors (Lipinski definition) is 3. The van der Waals surface area contributed by atoms with Gasteiger partial charge >= 0.3 is 0 Å². The molecule has 0 amide bonds. The topological polar surface area (TPSA) is 39.4 Å². The highest BCUT2D eigenvalue weighted by Crippen LogP contribution is 2.34. The Balaban J connectivity index is 2.57. The van der Waals surface area contributed by atoms with Gasteiger partial charge in [-0.05, 0) is 24.5 Å². The molecule has 1 aliphatic heterocycles. The monoisotopic (exact) mass is 225 g/mol. The number of aliphatic imine (C=N–C) groups is 1. The largest absolute Gasteiger partial charge is 0.351 e. The van der Waals surface area contributed by atoms with E-state index in [1.165, 1.54) is 19.3 Å². The average Bonchev–Trinajstić information content (AvgIpc) is 2.27. The zero-order valence-electron chi connectivity index (χ0n) is 9.79. The molecule has 84 valence electrons. The maximum atomic E-state index is 8.57. The number of nitriles is 1. The van der Waals surface area contributed by atoms with Crippen molar-refractivity contribution in [2.24, 2.45) is 10.4 Å². The highest BCUT2D eigenvalue weighted by Gasteiger charge is 2.29. The Hall–Kier alpha value is -0.690. The molecule has 0 aliphatic carbocycles. The molecule has 0 atom stereocenters. The summed E-state index contributed by atoms with van der Waals surface area (Å²) in [7, 11) is 0. The predicted octanol–water partition coefficient (Wildman–Crippen LogP) is 2.70. The van der Waals surface area contributed by atoms with Gasteiger partial charge in [-0.2, -0.15) is 5.26 Å². The van der Waals surface area contributed by atoms with E-state index < -0.39 is 0 Å². The molecule has 0 aromatic heterocycles. The quantitative estimate of drug-likeness (QED) is 0.391. The normalized spacial score (nSPS) is 21.2. The molecule has 1 fully saturated rings. The van der Waals surface area contributed by atoms with Crippen LogP contribution in [0, 0.1) is 16.9 Å². The summed E-state index contributed by atoms with van der Waals surface area (Å²) >= 11 is 1.56. The first-order chi connectivity index (χ1) is 7.15. The van der Waals surface area contributed by atoms with E-state index in [-0.39, 0.29) is 0 Å². The predicted molar refractivity (Wildman–Crippen MR) is 65.8 cm³/mol. The SMILES string of the molecule is CCC1(C)CCN(C(=NC#N)SC)CC1. The first kappa shape index (κ1) is 12.4. The van der Waals surface area contributed by atoms with Gasteiger partial charge in [0, 0.05) is 13.1 Å². The Morgan fingerprint density at radius 1 is 1.53 bits per heavy atom. The molecule has 0 saturated carbocycles. The van der Waals surface area contributed by atoms with Crippen LogP contribution in [0.25, 0.3) is 0 Å². The van der Waals surface area contributed by atoms with E-state index >= 15 is 0 Å². The van der Waals surface area contributed by atoms with Crippen molar-refractivity contribution in [3.63, 3.8) is 0 Å². The molecule has 1 heterocycles. The third-order valence-electron chi connectivity index (χ3n) is 3.42. The highest BCUT2D eigenvalue weighted by molar-refractivity contribution is 8.13. The summed E-state index contributed by atoms with van der Waals surface area (Å²) in [6, 6.07) is 0. The Morgan fingerprint density at radius 3 is 2.53 bits per heavy atom. The van der Waals surface area contributed by atoms with Crippen LogP contribution in [0.1, 0.15) is 33.1 Å². The van der Waals surface area contributed by atoms with Gasteiger partial charge < -0.3 is 4.90 Å². The fourth-order valence-corrected chi connectivity index (χ4v) is 2.45. The number of rotatable bonds is 1. The molecule has 3 nitrogen and oxygen atoms in total. The van der Waals surface area contributed by atoms with Crippen LogP contribution in [-0.2, 0) is 0 Å². The summed E-state index contributed by atoms with van der Waals surface area (Å²) in [6.07, 6.45) is 7.50. The standard InChI is InChI=1S/C11H19N3S/c1-4-11(2)5-7-14(8-6-11)10(15-3)13-9-12/h4-8H2,1-3H3. The van der Waals surface area contributed by atoms with Crippen LogP contribution in [0.2, 0.25) is 0 Å². The minimum absolute atomic E-state index is 0.493. The van der Waals surface area contributed by atoms with E-state index in [0.29, 0.717) is 5.41 Å². The zero-order valence-corrected chi connectivity index (χ0v) is 10.6. The van der Waals surface area contributed by atoms with Crippen molar-refractivity contribution in [3.8, 4) is 6.19 Å². The summed E-state index contributed by atoms with van der Waals surface area (Å²) in [6.45, 7) is 6.68. The van der Waals surface area contributed by atoms with E-state index in [2.05, 4.69) is 23.7 Å². The number of amidine groups is 1. The molecule has 0 aromatic carbocycles. The maximum absolute atomic E-state index is 8.57. The van der Waals surface area contributed by atoms with Crippen molar-refractivity contribution >= 4 is 16.9 Å². The Morgan fingerprint density at radius 2 is 2.13 bits per heavy atom. The number of hydrogen-bond donors (Lipinski definition) is 0. The molecule has 1 rings (SSSR count). The third kappa shape index (κ3) is 3.13. The minimum atomic E-state index is 0.493. The van der Waals surface area contributed by atoms with Gasteiger partial charge in [0.15, 0.2) is 5.17 Å². The number of likely N-dealkylation sites (tertiary alicyclic amines) is 1. The fraction of sp³-hybridized carbons (Fsp3) is 0.818. The second-order valence-corrected chi connectivity index (χ2v) is 5.12. The molecular formula is C11H19N3S. The lowest BCUT2D eigenvalue weighted by Gasteiger charge is -2.39. The van der Waals surface area contributed by atoms with Crippen molar-refractivity contribution < 1.29 is 0 Å². The Bertz CT molecular complexity index is 272. The molecule has 0 spiro atoms. The summed E-state index contributed by atoms with van der Waals surface area (Å²) in [5.41, 5.74) is 0.493. The van der Waals surface area contributed by atoms with Crippen molar-refractivity contribution in [1.29, 1.82) is 5.26 Å². The van der Waals surface area contributed by atoms with Gasteiger partial charge in [-0.25, -0.2) is 0 Å². The van der Waals surface area contributed by atoms with Gasteiger partial charge in [0.25, 0.3) is 0 Å². The minimum Gasteiger partial charge on any atom is -0.351 e. The number of nitrogens with zero attached hydrogens (tertiary/aromatic N) is 3. The van der Waals surface area contributed by atoms with E-state index in [4.69, 9.17) is 5.26 Å². The van der Waals surface area contributed by atoms with Crippen LogP contribution < -0.4 is 0 Å². The molecule has 0 radical (unpaired) electrons. The van der Waals surface area contributed by atoms with Gasteiger partial charge in [0.1, 0.15) is 0 Å². The maximum Gasteiger partial charge on any atom is 0.208 e. The van der Waals surface area contributed by atoms with Gasteiger partial charge in [-0.1, -0.05) is 32.0 Å². The van der Waals surface area contributed by atoms with Crippen molar-refractivity contribution in [3.05, 3.63) is 0 Å². The molecule has 0 N–H and O–H groups in total. The van der Waals surface area contributed by atoms with Crippen LogP contribution in [0.4, 0.5) is 0 Å². The Labute approximate surface area is 96.6 Å². The van der Waals surface area contributed by atoms with Crippen molar-refractivity contribution in [1.82, 2.24) is 4.90 Å². The van der Waals surface area contributed by atoms with E-state index in [0.717, 1.165) is 18.3 Å². The summed E-state index contributed by atoms with van der Waals surface area (Å²) in [5, 5.41) is 9.44. The van der Waals surface area contributed by atoms with Crippen LogP contribution in [-0.4, -0.2) is 29.4 Å². The van der Waals surface area contributed by atoms with Crippen LogP contribution in [0.3, 0.4) is 0 Å². The van der Waals surface area contributed by atoms with Crippen molar-refractivity contribution in [2.45, 2.75) is 33.1 Å². The van der Waals surface area contributed by atoms with Crippen LogP contribution in [0.15, 0.2) is 4.99 Å². The van der Waals surface area contributed by atoms with Crippen LogP contribution in [0.5, 0.6) is 0 Å². The summed E-state index contributed by atoms with van der Waals surface area (Å²) in [5.74, 6) is 0. The molecular weight excluding hydrogens is 206 g/mol. The van der Waals surface area contributed by atoms with Crippen molar-refractivity contribution in [2.75, 3.05) is 19.3 Å². The second kappa shape index (κ2) is 5.41. The highest BCUT2D eigenvalue weighted by atomic mass is 32.2. The lowest BCUT2D eigenvalue weighted by atomic mass is 9.78. The molecule has 0 bridgehead atoms. The average molecular weight is 225 g/mol. The van der Waals surface area contributed by atoms with Gasteiger partial charge in [0.2, 0.25) is 6.19 Å².